The second-order valence-corrected chi connectivity index (χ2v) is 7.07. The van der Waals surface area contributed by atoms with Crippen molar-refractivity contribution >= 4 is 34.9 Å². The molecule has 1 amide bonds. The molecule has 0 saturated heterocycles. The number of benzene rings is 2. The van der Waals surface area contributed by atoms with Crippen LogP contribution in [0.25, 0.3) is 0 Å². The normalized spacial score (nSPS) is 11.4. The number of nitrogens with one attached hydrogen (secondary N) is 1. The SMILES string of the molecule is CC(OC(=O)c1ccc(=O)n(Cc2ccccc2)n1)C(=O)Nc1cc([N+](=O)[O-])ccc1Cl. The summed E-state index contributed by atoms with van der Waals surface area (Å²) in [6, 6.07) is 15.0. The zero-order chi connectivity index (χ0) is 23.3. The number of nitro benzene ring substituents is 1. The van der Waals surface area contributed by atoms with Gasteiger partial charge in [-0.05, 0) is 24.6 Å². The summed E-state index contributed by atoms with van der Waals surface area (Å²) in [5.74, 6) is -1.67. The molecule has 1 heterocycles. The standard InChI is InChI=1S/C21H17ClN4O6/c1-13(20(28)23-18-11-15(26(30)31)7-8-16(18)22)32-21(29)17-9-10-19(27)25(24-17)12-14-5-3-2-4-6-14/h2-11,13H,12H2,1H3,(H,23,28). The molecule has 0 aliphatic carbocycles. The molecule has 0 spiro atoms. The number of rotatable bonds is 7. The Morgan fingerprint density at radius 1 is 1.19 bits per heavy atom. The molecule has 0 fully saturated rings. The van der Waals surface area contributed by atoms with Crippen LogP contribution in [0.3, 0.4) is 0 Å². The van der Waals surface area contributed by atoms with E-state index in [9.17, 15) is 24.5 Å². The molecule has 0 radical (unpaired) electrons. The van der Waals surface area contributed by atoms with Crippen LogP contribution in [0.2, 0.25) is 5.02 Å². The molecule has 0 aliphatic rings. The largest absolute Gasteiger partial charge is 0.448 e. The van der Waals surface area contributed by atoms with Crippen LogP contribution in [0.4, 0.5) is 11.4 Å². The lowest BCUT2D eigenvalue weighted by molar-refractivity contribution is -0.384. The number of hydrogen-bond donors (Lipinski definition) is 1. The fourth-order valence-electron chi connectivity index (χ4n) is 2.66. The number of carbonyl (C=O) groups excluding carboxylic acids is 2. The van der Waals surface area contributed by atoms with Crippen LogP contribution in [0.5, 0.6) is 0 Å². The Kier molecular flexibility index (Phi) is 6.96. The van der Waals surface area contributed by atoms with E-state index in [0.717, 1.165) is 16.3 Å². The summed E-state index contributed by atoms with van der Waals surface area (Å²) >= 11 is 5.96. The van der Waals surface area contributed by atoms with E-state index in [0.29, 0.717) is 0 Å². The average Bonchev–Trinajstić information content (AvgIpc) is 2.77. The zero-order valence-electron chi connectivity index (χ0n) is 16.7. The number of halogens is 1. The third-order valence-corrected chi connectivity index (χ3v) is 4.65. The van der Waals surface area contributed by atoms with Crippen molar-refractivity contribution in [2.45, 2.75) is 19.6 Å². The van der Waals surface area contributed by atoms with Gasteiger partial charge in [0.1, 0.15) is 0 Å². The van der Waals surface area contributed by atoms with Crippen molar-refractivity contribution in [1.29, 1.82) is 0 Å². The van der Waals surface area contributed by atoms with E-state index in [1.165, 1.54) is 31.2 Å². The summed E-state index contributed by atoms with van der Waals surface area (Å²) in [4.78, 5) is 47.2. The summed E-state index contributed by atoms with van der Waals surface area (Å²) < 4.78 is 6.24. The molecular formula is C21H17ClN4O6. The van der Waals surface area contributed by atoms with Crippen LogP contribution >= 0.6 is 11.6 Å². The Balaban J connectivity index is 1.69. The summed E-state index contributed by atoms with van der Waals surface area (Å²) in [6.07, 6.45) is -1.27. The Bertz CT molecular complexity index is 1230. The number of amides is 1. The second kappa shape index (κ2) is 9.84. The highest BCUT2D eigenvalue weighted by atomic mass is 35.5. The van der Waals surface area contributed by atoms with Crippen LogP contribution < -0.4 is 10.9 Å². The maximum absolute atomic E-state index is 12.4. The first-order valence-corrected chi connectivity index (χ1v) is 9.70. The summed E-state index contributed by atoms with van der Waals surface area (Å²) in [7, 11) is 0. The van der Waals surface area contributed by atoms with Crippen molar-refractivity contribution in [1.82, 2.24) is 9.78 Å². The highest BCUT2D eigenvalue weighted by Gasteiger charge is 2.22. The van der Waals surface area contributed by atoms with Gasteiger partial charge < -0.3 is 10.1 Å². The van der Waals surface area contributed by atoms with E-state index in [2.05, 4.69) is 10.4 Å². The maximum atomic E-state index is 12.4. The molecule has 1 N–H and O–H groups in total. The first-order valence-electron chi connectivity index (χ1n) is 9.32. The number of esters is 1. The minimum atomic E-state index is -1.27. The van der Waals surface area contributed by atoms with Gasteiger partial charge in [0.2, 0.25) is 0 Å². The van der Waals surface area contributed by atoms with Crippen LogP contribution in [0, 0.1) is 10.1 Å². The Labute approximate surface area is 186 Å². The van der Waals surface area contributed by atoms with Gasteiger partial charge >= 0.3 is 5.97 Å². The van der Waals surface area contributed by atoms with Crippen molar-refractivity contribution < 1.29 is 19.2 Å². The van der Waals surface area contributed by atoms with E-state index in [4.69, 9.17) is 16.3 Å². The van der Waals surface area contributed by atoms with E-state index >= 15 is 0 Å². The molecular weight excluding hydrogens is 440 g/mol. The van der Waals surface area contributed by atoms with Gasteiger partial charge in [-0.1, -0.05) is 41.9 Å². The van der Waals surface area contributed by atoms with Crippen molar-refractivity contribution in [3.8, 4) is 0 Å². The summed E-state index contributed by atoms with van der Waals surface area (Å²) in [5, 5.41) is 17.4. The number of carbonyl (C=O) groups is 2. The number of non-ortho nitro benzene ring substituents is 1. The topological polar surface area (TPSA) is 133 Å². The van der Waals surface area contributed by atoms with E-state index < -0.39 is 28.5 Å². The minimum absolute atomic E-state index is 0.00306. The lowest BCUT2D eigenvalue weighted by Gasteiger charge is -2.14. The van der Waals surface area contributed by atoms with Gasteiger partial charge in [0, 0.05) is 18.2 Å². The van der Waals surface area contributed by atoms with Crippen molar-refractivity contribution in [2.24, 2.45) is 0 Å². The molecule has 32 heavy (non-hydrogen) atoms. The van der Waals surface area contributed by atoms with Gasteiger partial charge in [0.15, 0.2) is 11.8 Å². The smallest absolute Gasteiger partial charge is 0.359 e. The van der Waals surface area contributed by atoms with Crippen molar-refractivity contribution in [3.05, 3.63) is 97.4 Å². The Morgan fingerprint density at radius 2 is 1.91 bits per heavy atom. The second-order valence-electron chi connectivity index (χ2n) is 6.66. The highest BCUT2D eigenvalue weighted by molar-refractivity contribution is 6.33. The molecule has 2 aromatic carbocycles. The van der Waals surface area contributed by atoms with E-state index in [-0.39, 0.29) is 28.6 Å². The van der Waals surface area contributed by atoms with Gasteiger partial charge in [0.25, 0.3) is 17.2 Å². The monoisotopic (exact) mass is 456 g/mol. The first-order chi connectivity index (χ1) is 15.2. The number of hydrogen-bond acceptors (Lipinski definition) is 7. The van der Waals surface area contributed by atoms with Gasteiger partial charge in [0.05, 0.1) is 22.2 Å². The molecule has 11 heteroatoms. The third-order valence-electron chi connectivity index (χ3n) is 4.32. The molecule has 1 aromatic heterocycles. The van der Waals surface area contributed by atoms with E-state index in [1.54, 1.807) is 0 Å². The fraction of sp³-hybridized carbons (Fsp3) is 0.143. The summed E-state index contributed by atoms with van der Waals surface area (Å²) in [5.41, 5.74) is -0.0122. The maximum Gasteiger partial charge on any atom is 0.359 e. The van der Waals surface area contributed by atoms with E-state index in [1.807, 2.05) is 30.3 Å². The molecule has 3 aromatic rings. The number of ether oxygens (including phenoxy) is 1. The number of nitrogens with zero attached hydrogens (tertiary/aromatic N) is 3. The lowest BCUT2D eigenvalue weighted by Crippen LogP contribution is -2.31. The number of aromatic nitrogens is 2. The highest BCUT2D eigenvalue weighted by Crippen LogP contribution is 2.26. The first kappa shape index (κ1) is 22.6. The van der Waals surface area contributed by atoms with Gasteiger partial charge in [-0.2, -0.15) is 5.10 Å². The Hall–Kier alpha value is -4.05. The molecule has 0 saturated carbocycles. The third kappa shape index (κ3) is 5.55. The minimum Gasteiger partial charge on any atom is -0.448 e. The van der Waals surface area contributed by atoms with Gasteiger partial charge in [-0.25, -0.2) is 9.48 Å². The van der Waals surface area contributed by atoms with Crippen LogP contribution in [-0.4, -0.2) is 32.7 Å². The molecule has 0 bridgehead atoms. The average molecular weight is 457 g/mol. The number of anilines is 1. The predicted molar refractivity (Wildman–Crippen MR) is 116 cm³/mol. The van der Waals surface area contributed by atoms with Crippen molar-refractivity contribution in [3.63, 3.8) is 0 Å². The predicted octanol–water partition coefficient (Wildman–Crippen LogP) is 3.04. The lowest BCUT2D eigenvalue weighted by atomic mass is 10.2. The van der Waals surface area contributed by atoms with Gasteiger partial charge in [-0.3, -0.25) is 19.7 Å². The molecule has 10 nitrogen and oxygen atoms in total. The molecule has 0 aliphatic heterocycles. The zero-order valence-corrected chi connectivity index (χ0v) is 17.5. The Morgan fingerprint density at radius 3 is 2.59 bits per heavy atom. The number of nitro groups is 1. The summed E-state index contributed by atoms with van der Waals surface area (Å²) in [6.45, 7) is 1.47. The quantitative estimate of drug-likeness (QED) is 0.328. The van der Waals surface area contributed by atoms with Crippen LogP contribution in [0.1, 0.15) is 23.0 Å². The van der Waals surface area contributed by atoms with Gasteiger partial charge in [-0.15, -0.1) is 0 Å². The molecule has 164 valence electrons. The molecule has 3 rings (SSSR count). The fourth-order valence-corrected chi connectivity index (χ4v) is 2.82. The molecule has 1 atom stereocenters. The van der Waals surface area contributed by atoms with Crippen LogP contribution in [-0.2, 0) is 16.1 Å². The molecule has 1 unspecified atom stereocenters. The van der Waals surface area contributed by atoms with Crippen molar-refractivity contribution in [2.75, 3.05) is 5.32 Å². The van der Waals surface area contributed by atoms with Crippen LogP contribution in [0.15, 0.2) is 65.5 Å².